The number of likely N-dealkylation sites (N-methyl/N-ethyl adjacent to an activating group) is 1. The van der Waals surface area contributed by atoms with Crippen molar-refractivity contribution in [2.24, 2.45) is 0 Å². The van der Waals surface area contributed by atoms with Crippen molar-refractivity contribution in [3.8, 4) is 0 Å². The van der Waals surface area contributed by atoms with Crippen molar-refractivity contribution in [3.05, 3.63) is 182 Å². The molecule has 0 bridgehead atoms. The van der Waals surface area contributed by atoms with Crippen molar-refractivity contribution in [2.45, 2.75) is 161 Å². The van der Waals surface area contributed by atoms with E-state index in [0.717, 1.165) is 109 Å². The zero-order valence-electron chi connectivity index (χ0n) is 46.4. The Labute approximate surface area is 450 Å². The minimum atomic E-state index is -4.67. The van der Waals surface area contributed by atoms with Crippen molar-refractivity contribution < 1.29 is 42.1 Å². The van der Waals surface area contributed by atoms with Crippen molar-refractivity contribution in [3.63, 3.8) is 0 Å². The molecule has 0 aliphatic carbocycles. The Hall–Kier alpha value is -4.89. The van der Waals surface area contributed by atoms with E-state index in [9.17, 15) is 19.0 Å². The van der Waals surface area contributed by atoms with Crippen LogP contribution >= 0.6 is 7.82 Å². The van der Waals surface area contributed by atoms with Crippen LogP contribution in [0.25, 0.3) is 0 Å². The van der Waals surface area contributed by atoms with Gasteiger partial charge in [-0.15, -0.1) is 0 Å². The highest BCUT2D eigenvalue weighted by atomic mass is 31.2. The van der Waals surface area contributed by atoms with E-state index in [2.05, 4.69) is 190 Å². The molecule has 0 spiro atoms. The zero-order valence-corrected chi connectivity index (χ0v) is 47.3. The van der Waals surface area contributed by atoms with E-state index in [1.54, 1.807) is 0 Å². The van der Waals surface area contributed by atoms with E-state index >= 15 is 0 Å². The molecule has 0 aromatic rings. The van der Waals surface area contributed by atoms with Gasteiger partial charge in [0.05, 0.1) is 27.7 Å². The van der Waals surface area contributed by atoms with Gasteiger partial charge in [-0.05, 0) is 128 Å². The lowest BCUT2D eigenvalue weighted by Gasteiger charge is -2.28. The van der Waals surface area contributed by atoms with E-state index in [1.807, 2.05) is 27.2 Å². The fourth-order valence-electron chi connectivity index (χ4n) is 6.25. The van der Waals surface area contributed by atoms with Gasteiger partial charge in [-0.25, -0.2) is 0 Å². The number of hydrogen-bond donors (Lipinski definition) is 0. The molecule has 2 unspecified atom stereocenters. The molecule has 0 amide bonds. The van der Waals surface area contributed by atoms with E-state index in [0.29, 0.717) is 30.3 Å². The quantitative estimate of drug-likeness (QED) is 0.0195. The molecule has 0 aliphatic heterocycles. The normalized spacial score (nSPS) is 14.7. The number of allylic oxidation sites excluding steroid dienone is 30. The van der Waals surface area contributed by atoms with E-state index < -0.39 is 32.5 Å². The number of ether oxygens (including phenoxy) is 2. The molecule has 74 heavy (non-hydrogen) atoms. The Bertz CT molecular complexity index is 1900. The number of phosphoric acid groups is 1. The second-order valence-electron chi connectivity index (χ2n) is 18.5. The third-order valence-electron chi connectivity index (χ3n) is 10.4. The molecule has 0 fully saturated rings. The standard InChI is InChI=1S/C64H98NO8P/c1-6-8-10-12-14-16-18-20-22-24-25-26-27-28-29-30-31-32-33-34-35-36-37-38-39-41-43-45-47-49-51-53-55-57-64(67)73-62(61-72-74(68,69)71-59-58-65(3,4)5)60-70-63(66)56-54-52-50-48-46-44-42-40-23-21-19-17-15-13-11-9-7-2/h8-11,14-17,20-23,25-26,28-29,31-32,34-35,37-38,41-44,47-50,62H,6-7,12-13,18-19,24,27,30,33,36,39-40,45-46,51-61H2,1-5H3/b10-8-,11-9-,16-14-,17-15-,22-20-,23-21-,26-25-,29-28-,32-31-,35-34-,38-37-,43-41-,44-42-,49-47-,50-48-. The minimum Gasteiger partial charge on any atom is -0.756 e. The minimum absolute atomic E-state index is 0.0601. The topological polar surface area (TPSA) is 111 Å². The molecule has 10 heteroatoms. The highest BCUT2D eigenvalue weighted by Gasteiger charge is 2.21. The Morgan fingerprint density at radius 1 is 0.419 bits per heavy atom. The van der Waals surface area contributed by atoms with Crippen LogP contribution in [-0.2, 0) is 32.7 Å². The molecule has 0 aliphatic rings. The van der Waals surface area contributed by atoms with Crippen LogP contribution < -0.4 is 4.89 Å². The first-order valence-electron chi connectivity index (χ1n) is 27.5. The van der Waals surface area contributed by atoms with Crippen LogP contribution in [0.1, 0.15) is 155 Å². The van der Waals surface area contributed by atoms with Crippen LogP contribution in [-0.4, -0.2) is 70.0 Å². The smallest absolute Gasteiger partial charge is 0.306 e. The average Bonchev–Trinajstić information content (AvgIpc) is 3.36. The first kappa shape index (κ1) is 69.1. The Balaban J connectivity index is 4.40. The summed E-state index contributed by atoms with van der Waals surface area (Å²) in [5.41, 5.74) is 0. The monoisotopic (exact) mass is 1040 g/mol. The Morgan fingerprint density at radius 2 is 0.730 bits per heavy atom. The number of carbonyl (C=O) groups is 2. The maximum Gasteiger partial charge on any atom is 0.306 e. The van der Waals surface area contributed by atoms with E-state index in [4.69, 9.17) is 18.5 Å². The summed E-state index contributed by atoms with van der Waals surface area (Å²) in [6.07, 6.45) is 82.4. The predicted octanol–water partition coefficient (Wildman–Crippen LogP) is 16.6. The SMILES string of the molecule is CC/C=C\C/C=C\C/C=C\C/C=C\C/C=C\C/C=C\C/C=C\C/C=C\C/C=C\C/C=C\CCCCC(=O)OC(COC(=O)CCC/C=C\C/C=C\C/C=C\C/C=C\C/C=C\CC)COP(=O)([O-])OCC[N+](C)(C)C. The number of phosphoric ester groups is 1. The van der Waals surface area contributed by atoms with Gasteiger partial charge in [0.25, 0.3) is 7.82 Å². The maximum atomic E-state index is 12.8. The van der Waals surface area contributed by atoms with Crippen molar-refractivity contribution in [1.29, 1.82) is 0 Å². The molecule has 0 aromatic heterocycles. The second kappa shape index (κ2) is 53.0. The van der Waals surface area contributed by atoms with Crippen LogP contribution in [0.2, 0.25) is 0 Å². The molecule has 0 rings (SSSR count). The van der Waals surface area contributed by atoms with Gasteiger partial charge < -0.3 is 27.9 Å². The van der Waals surface area contributed by atoms with Gasteiger partial charge in [0.15, 0.2) is 6.10 Å². The Kier molecular flexibility index (Phi) is 49.5. The van der Waals surface area contributed by atoms with Gasteiger partial charge in [0.2, 0.25) is 0 Å². The number of unbranched alkanes of at least 4 members (excludes halogenated alkanes) is 3. The van der Waals surface area contributed by atoms with Crippen molar-refractivity contribution in [1.82, 2.24) is 0 Å². The van der Waals surface area contributed by atoms with Gasteiger partial charge in [0.1, 0.15) is 19.8 Å². The third kappa shape index (κ3) is 56.4. The summed E-state index contributed by atoms with van der Waals surface area (Å²) in [6.45, 7) is 3.84. The van der Waals surface area contributed by atoms with Crippen LogP contribution in [0.5, 0.6) is 0 Å². The predicted molar refractivity (Wildman–Crippen MR) is 313 cm³/mol. The maximum absolute atomic E-state index is 12.8. The fraction of sp³-hybridized carbons (Fsp3) is 0.500. The summed E-state index contributed by atoms with van der Waals surface area (Å²) in [5.74, 6) is -0.974. The first-order valence-corrected chi connectivity index (χ1v) is 29.0. The average molecular weight is 1040 g/mol. The van der Waals surface area contributed by atoms with Gasteiger partial charge in [0, 0.05) is 12.8 Å². The number of quaternary nitrogens is 1. The number of rotatable bonds is 47. The highest BCUT2D eigenvalue weighted by Crippen LogP contribution is 2.38. The lowest BCUT2D eigenvalue weighted by molar-refractivity contribution is -0.870. The molecule has 0 saturated carbocycles. The molecule has 0 aromatic carbocycles. The molecule has 2 atom stereocenters. The van der Waals surface area contributed by atoms with Crippen LogP contribution in [0, 0.1) is 0 Å². The first-order chi connectivity index (χ1) is 36.0. The van der Waals surface area contributed by atoms with Crippen LogP contribution in [0.4, 0.5) is 0 Å². The summed E-state index contributed by atoms with van der Waals surface area (Å²) >= 11 is 0. The number of hydrogen-bond acceptors (Lipinski definition) is 8. The van der Waals surface area contributed by atoms with Gasteiger partial charge in [-0.2, -0.15) is 0 Å². The molecule has 0 N–H and O–H groups in total. The molecule has 0 saturated heterocycles. The van der Waals surface area contributed by atoms with E-state index in [-0.39, 0.29) is 26.1 Å². The summed E-state index contributed by atoms with van der Waals surface area (Å²) < 4.78 is 33.9. The van der Waals surface area contributed by atoms with Gasteiger partial charge in [-0.3, -0.25) is 14.2 Å². The largest absolute Gasteiger partial charge is 0.756 e. The number of esters is 2. The summed E-state index contributed by atoms with van der Waals surface area (Å²) in [7, 11) is 1.07. The lowest BCUT2D eigenvalue weighted by Crippen LogP contribution is -2.37. The zero-order chi connectivity index (χ0) is 54.2. The molecular formula is C64H98NO8P. The molecule has 412 valence electrons. The fourth-order valence-corrected chi connectivity index (χ4v) is 6.97. The summed E-state index contributed by atoms with van der Waals surface area (Å²) in [5, 5.41) is 0. The Morgan fingerprint density at radius 3 is 1.07 bits per heavy atom. The molecular weight excluding hydrogens is 942 g/mol. The van der Waals surface area contributed by atoms with Crippen molar-refractivity contribution in [2.75, 3.05) is 47.5 Å². The van der Waals surface area contributed by atoms with Crippen molar-refractivity contribution >= 4 is 19.8 Å². The third-order valence-corrected chi connectivity index (χ3v) is 11.4. The number of nitrogens with zero attached hydrogens (tertiary/aromatic N) is 1. The van der Waals surface area contributed by atoms with Crippen LogP contribution in [0.3, 0.4) is 0 Å². The highest BCUT2D eigenvalue weighted by molar-refractivity contribution is 7.45. The second-order valence-corrected chi connectivity index (χ2v) is 19.9. The lowest BCUT2D eigenvalue weighted by atomic mass is 10.2. The van der Waals surface area contributed by atoms with Gasteiger partial charge >= 0.3 is 11.9 Å². The summed E-state index contributed by atoms with van der Waals surface area (Å²) in [4.78, 5) is 37.7. The van der Waals surface area contributed by atoms with Gasteiger partial charge in [-0.1, -0.05) is 196 Å². The van der Waals surface area contributed by atoms with E-state index in [1.165, 1.54) is 0 Å². The summed E-state index contributed by atoms with van der Waals surface area (Å²) in [6, 6.07) is 0. The molecule has 0 radical (unpaired) electrons. The molecule has 0 heterocycles. The molecule has 9 nitrogen and oxygen atoms in total. The van der Waals surface area contributed by atoms with Crippen LogP contribution in [0.15, 0.2) is 182 Å². The number of carbonyl (C=O) groups excluding carboxylic acids is 2.